The zero-order valence-corrected chi connectivity index (χ0v) is 16.6. The SMILES string of the molecule is C1CC[N+]2(CC1)CCC[N+]1(CCCCC1)CC2.[I-].[I-]. The van der Waals surface area contributed by atoms with Gasteiger partial charge in [0, 0.05) is 6.42 Å². The molecule has 0 aromatic carbocycles. The monoisotopic (exact) mass is 492 g/mol. The molecule has 0 N–H and O–H groups in total. The Morgan fingerprint density at radius 3 is 1.00 bits per heavy atom. The van der Waals surface area contributed by atoms with Gasteiger partial charge >= 0.3 is 0 Å². The molecule has 0 atom stereocenters. The van der Waals surface area contributed by atoms with E-state index in [4.69, 9.17) is 0 Å². The highest BCUT2D eigenvalue weighted by Gasteiger charge is 2.39. The Balaban J connectivity index is 0.000000902. The van der Waals surface area contributed by atoms with Gasteiger partial charge in [0.25, 0.3) is 0 Å². The molecule has 0 aliphatic carbocycles. The lowest BCUT2D eigenvalue weighted by Crippen LogP contribution is -3.00. The second-order valence-corrected chi connectivity index (χ2v) is 6.95. The van der Waals surface area contributed by atoms with Crippen molar-refractivity contribution in [2.24, 2.45) is 0 Å². The Morgan fingerprint density at radius 2 is 0.632 bits per heavy atom. The summed E-state index contributed by atoms with van der Waals surface area (Å²) in [7, 11) is 0. The molecule has 3 rings (SSSR count). The van der Waals surface area contributed by atoms with Gasteiger partial charge in [-0.1, -0.05) is 0 Å². The van der Waals surface area contributed by atoms with Gasteiger partial charge in [0.05, 0.1) is 39.3 Å². The Hall–Kier alpha value is 1.38. The first kappa shape index (κ1) is 18.4. The molecular weight excluding hydrogens is 462 g/mol. The van der Waals surface area contributed by atoms with Crippen LogP contribution in [-0.4, -0.2) is 61.3 Å². The molecular formula is C15H30I2N2. The van der Waals surface area contributed by atoms with Crippen LogP contribution in [0.25, 0.3) is 0 Å². The number of quaternary nitrogens is 2. The molecule has 0 aromatic rings. The first-order valence-corrected chi connectivity index (χ1v) is 8.03. The number of piperidine rings is 2. The minimum atomic E-state index is 0. The lowest BCUT2D eigenvalue weighted by atomic mass is 10.1. The van der Waals surface area contributed by atoms with Crippen molar-refractivity contribution in [3.8, 4) is 0 Å². The van der Waals surface area contributed by atoms with Gasteiger partial charge in [-0.25, -0.2) is 0 Å². The van der Waals surface area contributed by atoms with Crippen molar-refractivity contribution >= 4 is 0 Å². The van der Waals surface area contributed by atoms with Crippen LogP contribution < -0.4 is 48.0 Å². The molecule has 0 bridgehead atoms. The molecule has 3 fully saturated rings. The fraction of sp³-hybridized carbons (Fsp3) is 1.00. The Bertz CT molecular complexity index is 233. The highest BCUT2D eigenvalue weighted by atomic mass is 127. The highest BCUT2D eigenvalue weighted by Crippen LogP contribution is 2.27. The topological polar surface area (TPSA) is 0 Å². The first-order valence-electron chi connectivity index (χ1n) is 8.03. The zero-order chi connectivity index (χ0) is 11.6. The minimum absolute atomic E-state index is 0. The third-order valence-electron chi connectivity index (χ3n) is 5.84. The largest absolute Gasteiger partial charge is 1.00 e. The maximum atomic E-state index is 1.50. The van der Waals surface area contributed by atoms with Crippen LogP contribution in [0, 0.1) is 0 Å². The van der Waals surface area contributed by atoms with Gasteiger partial charge < -0.3 is 56.9 Å². The van der Waals surface area contributed by atoms with E-state index in [1.807, 2.05) is 0 Å². The van der Waals surface area contributed by atoms with Crippen molar-refractivity contribution in [1.29, 1.82) is 0 Å². The van der Waals surface area contributed by atoms with Gasteiger partial charge in [-0.15, -0.1) is 0 Å². The van der Waals surface area contributed by atoms with Gasteiger partial charge in [-0.2, -0.15) is 0 Å². The predicted molar refractivity (Wildman–Crippen MR) is 71.8 cm³/mol. The smallest absolute Gasteiger partial charge is 0.129 e. The maximum Gasteiger partial charge on any atom is 0.129 e. The van der Waals surface area contributed by atoms with Gasteiger partial charge in [0.2, 0.25) is 0 Å². The van der Waals surface area contributed by atoms with Crippen LogP contribution in [-0.2, 0) is 0 Å². The fourth-order valence-electron chi connectivity index (χ4n) is 4.65. The van der Waals surface area contributed by atoms with Crippen LogP contribution in [0.4, 0.5) is 0 Å². The summed E-state index contributed by atoms with van der Waals surface area (Å²) in [5.74, 6) is 0. The first-order chi connectivity index (χ1) is 8.33. The van der Waals surface area contributed by atoms with Gasteiger partial charge in [-0.05, 0) is 38.5 Å². The van der Waals surface area contributed by atoms with Crippen LogP contribution in [0.1, 0.15) is 44.9 Å². The standard InChI is InChI=1S/C15H30N2.2HI/c1-3-8-16(9-4-1)12-7-13-17(15-14-16)10-5-2-6-11-17;;/h1-15H2;2*1H/q+2;;/p-2. The van der Waals surface area contributed by atoms with E-state index in [9.17, 15) is 0 Å². The molecule has 114 valence electrons. The van der Waals surface area contributed by atoms with E-state index in [2.05, 4.69) is 0 Å². The van der Waals surface area contributed by atoms with Crippen LogP contribution in [0.2, 0.25) is 0 Å². The molecule has 3 aliphatic rings. The van der Waals surface area contributed by atoms with E-state index in [-0.39, 0.29) is 48.0 Å². The molecule has 2 nitrogen and oxygen atoms in total. The highest BCUT2D eigenvalue weighted by molar-refractivity contribution is 4.62. The van der Waals surface area contributed by atoms with Crippen LogP contribution in [0.15, 0.2) is 0 Å². The van der Waals surface area contributed by atoms with Crippen molar-refractivity contribution in [3.63, 3.8) is 0 Å². The number of hydrogen-bond donors (Lipinski definition) is 0. The van der Waals surface area contributed by atoms with Crippen molar-refractivity contribution in [1.82, 2.24) is 0 Å². The third kappa shape index (κ3) is 4.42. The van der Waals surface area contributed by atoms with E-state index in [0.717, 1.165) is 0 Å². The summed E-state index contributed by atoms with van der Waals surface area (Å²) in [6, 6.07) is 0. The number of halogens is 2. The molecule has 3 heterocycles. The molecule has 3 aliphatic heterocycles. The summed E-state index contributed by atoms with van der Waals surface area (Å²) in [5.41, 5.74) is 0. The van der Waals surface area contributed by atoms with Crippen molar-refractivity contribution in [3.05, 3.63) is 0 Å². The summed E-state index contributed by atoms with van der Waals surface area (Å²) < 4.78 is 3.00. The number of nitrogens with zero attached hydrogens (tertiary/aromatic N) is 2. The van der Waals surface area contributed by atoms with Gasteiger partial charge in [0.1, 0.15) is 13.1 Å². The lowest BCUT2D eigenvalue weighted by Gasteiger charge is -2.43. The summed E-state index contributed by atoms with van der Waals surface area (Å²) in [6.07, 6.45) is 10.5. The number of hydrogen-bond acceptors (Lipinski definition) is 0. The van der Waals surface area contributed by atoms with Crippen molar-refractivity contribution in [2.45, 2.75) is 44.9 Å². The van der Waals surface area contributed by atoms with Crippen LogP contribution in [0.5, 0.6) is 0 Å². The van der Waals surface area contributed by atoms with Crippen LogP contribution in [0.3, 0.4) is 0 Å². The molecule has 2 spiro atoms. The van der Waals surface area contributed by atoms with E-state index >= 15 is 0 Å². The Kier molecular flexibility index (Phi) is 7.88. The van der Waals surface area contributed by atoms with E-state index in [1.54, 1.807) is 0 Å². The average molecular weight is 492 g/mol. The summed E-state index contributed by atoms with van der Waals surface area (Å²) in [6.45, 7) is 12.0. The van der Waals surface area contributed by atoms with E-state index < -0.39 is 0 Å². The van der Waals surface area contributed by atoms with E-state index in [0.29, 0.717) is 0 Å². The molecule has 0 radical (unpaired) electrons. The molecule has 0 aromatic heterocycles. The predicted octanol–water partition coefficient (Wildman–Crippen LogP) is -3.60. The molecule has 4 heteroatoms. The summed E-state index contributed by atoms with van der Waals surface area (Å²) >= 11 is 0. The Morgan fingerprint density at radius 1 is 0.316 bits per heavy atom. The van der Waals surface area contributed by atoms with Gasteiger partial charge in [0.15, 0.2) is 0 Å². The zero-order valence-electron chi connectivity index (χ0n) is 12.3. The maximum absolute atomic E-state index is 1.50. The van der Waals surface area contributed by atoms with E-state index in [1.165, 1.54) is 106 Å². The average Bonchev–Trinajstić information content (AvgIpc) is 2.54. The molecule has 0 saturated carbocycles. The Labute approximate surface area is 153 Å². The summed E-state index contributed by atoms with van der Waals surface area (Å²) in [4.78, 5) is 0. The normalized spacial score (nSPS) is 29.1. The lowest BCUT2D eigenvalue weighted by molar-refractivity contribution is -0.967. The number of rotatable bonds is 0. The molecule has 19 heavy (non-hydrogen) atoms. The third-order valence-corrected chi connectivity index (χ3v) is 5.84. The quantitative estimate of drug-likeness (QED) is 0.243. The second kappa shape index (κ2) is 8.13. The molecule has 0 unspecified atom stereocenters. The van der Waals surface area contributed by atoms with Crippen molar-refractivity contribution in [2.75, 3.05) is 52.4 Å². The summed E-state index contributed by atoms with van der Waals surface area (Å²) in [5, 5.41) is 0. The van der Waals surface area contributed by atoms with Crippen molar-refractivity contribution < 1.29 is 56.9 Å². The minimum Gasteiger partial charge on any atom is -1.00 e. The van der Waals surface area contributed by atoms with Crippen LogP contribution >= 0.6 is 0 Å². The molecule has 3 saturated heterocycles. The molecule has 0 amide bonds. The van der Waals surface area contributed by atoms with Gasteiger partial charge in [-0.3, -0.25) is 0 Å². The fourth-order valence-corrected chi connectivity index (χ4v) is 4.65. The second-order valence-electron chi connectivity index (χ2n) is 6.95.